The van der Waals surface area contributed by atoms with Gasteiger partial charge in [0.1, 0.15) is 0 Å². The van der Waals surface area contributed by atoms with Gasteiger partial charge in [0, 0.05) is 19.1 Å². The van der Waals surface area contributed by atoms with Crippen LogP contribution in [0.1, 0.15) is 38.3 Å². The van der Waals surface area contributed by atoms with Gasteiger partial charge in [-0.25, -0.2) is 0 Å². The highest BCUT2D eigenvalue weighted by Crippen LogP contribution is 2.30. The topological polar surface area (TPSA) is 15.3 Å². The van der Waals surface area contributed by atoms with E-state index >= 15 is 0 Å². The molecular weight excluding hydrogens is 256 g/mol. The van der Waals surface area contributed by atoms with Crippen LogP contribution in [-0.4, -0.2) is 19.6 Å². The highest BCUT2D eigenvalue weighted by atomic mass is 35.5. The first kappa shape index (κ1) is 14.4. The molecule has 0 saturated carbocycles. The van der Waals surface area contributed by atoms with E-state index in [4.69, 9.17) is 11.6 Å². The summed E-state index contributed by atoms with van der Waals surface area (Å²) in [4.78, 5) is 2.33. The Labute approximate surface area is 121 Å². The predicted octanol–water partition coefficient (Wildman–Crippen LogP) is 4.17. The zero-order chi connectivity index (χ0) is 13.7. The molecule has 1 unspecified atom stereocenters. The molecule has 0 bridgehead atoms. The fourth-order valence-electron chi connectivity index (χ4n) is 2.39. The highest BCUT2D eigenvalue weighted by molar-refractivity contribution is 6.33. The van der Waals surface area contributed by atoms with Crippen LogP contribution in [0, 0.1) is 0 Å². The van der Waals surface area contributed by atoms with Crippen LogP contribution in [0.2, 0.25) is 5.02 Å². The van der Waals surface area contributed by atoms with E-state index in [1.807, 2.05) is 0 Å². The Morgan fingerprint density at radius 1 is 1.37 bits per heavy atom. The molecule has 1 N–H and O–H groups in total. The van der Waals surface area contributed by atoms with E-state index in [2.05, 4.69) is 54.4 Å². The van der Waals surface area contributed by atoms with Crippen molar-refractivity contribution in [3.63, 3.8) is 0 Å². The number of nitrogens with one attached hydrogen (secondary N) is 1. The molecule has 0 spiro atoms. The molecule has 3 heteroatoms. The third kappa shape index (κ3) is 3.74. The number of hydrogen-bond acceptors (Lipinski definition) is 2. The summed E-state index contributed by atoms with van der Waals surface area (Å²) < 4.78 is 0. The van der Waals surface area contributed by atoms with Crippen LogP contribution in [0.5, 0.6) is 0 Å². The van der Waals surface area contributed by atoms with E-state index < -0.39 is 0 Å². The quantitative estimate of drug-likeness (QED) is 0.814. The van der Waals surface area contributed by atoms with Gasteiger partial charge in [-0.2, -0.15) is 0 Å². The van der Waals surface area contributed by atoms with Crippen LogP contribution in [0.4, 0.5) is 5.69 Å². The molecular formula is C16H23ClN2. The van der Waals surface area contributed by atoms with Crippen molar-refractivity contribution in [3.05, 3.63) is 40.9 Å². The molecule has 1 aromatic carbocycles. The van der Waals surface area contributed by atoms with Crippen LogP contribution >= 0.6 is 11.6 Å². The number of nitrogens with zero attached hydrogens (tertiary/aromatic N) is 1. The Morgan fingerprint density at radius 3 is 2.84 bits per heavy atom. The standard InChI is InChI=1S/C16H23ClN2/c1-3-9-18-13(2)14-7-8-16(15(17)12-14)19-10-5-4-6-11-19/h4-5,7-8,12-13,18H,3,6,9-11H2,1-2H3. The molecule has 0 radical (unpaired) electrons. The number of hydrogen-bond donors (Lipinski definition) is 1. The first-order valence-corrected chi connectivity index (χ1v) is 7.53. The van der Waals surface area contributed by atoms with E-state index in [0.717, 1.165) is 43.2 Å². The number of anilines is 1. The molecule has 0 aliphatic carbocycles. The lowest BCUT2D eigenvalue weighted by molar-refractivity contribution is 0.570. The summed E-state index contributed by atoms with van der Waals surface area (Å²) >= 11 is 6.45. The van der Waals surface area contributed by atoms with Gasteiger partial charge < -0.3 is 10.2 Å². The van der Waals surface area contributed by atoms with Gasteiger partial charge in [0.25, 0.3) is 0 Å². The number of halogens is 1. The SMILES string of the molecule is CCCNC(C)c1ccc(N2CC=CCC2)c(Cl)c1. The lowest BCUT2D eigenvalue weighted by Gasteiger charge is -2.27. The summed E-state index contributed by atoms with van der Waals surface area (Å²) in [6.45, 7) is 7.42. The molecule has 1 aromatic rings. The molecule has 1 aliphatic heterocycles. The Morgan fingerprint density at radius 2 is 2.21 bits per heavy atom. The van der Waals surface area contributed by atoms with Gasteiger partial charge in [-0.05, 0) is 44.0 Å². The van der Waals surface area contributed by atoms with Gasteiger partial charge in [0.15, 0.2) is 0 Å². The second-order valence-corrected chi connectivity index (χ2v) is 5.50. The molecule has 0 amide bonds. The average molecular weight is 279 g/mol. The van der Waals surface area contributed by atoms with Crippen molar-refractivity contribution in [2.75, 3.05) is 24.5 Å². The van der Waals surface area contributed by atoms with Crippen LogP contribution in [-0.2, 0) is 0 Å². The van der Waals surface area contributed by atoms with Crippen LogP contribution in [0.3, 0.4) is 0 Å². The zero-order valence-corrected chi connectivity index (χ0v) is 12.6. The summed E-state index contributed by atoms with van der Waals surface area (Å²) in [6.07, 6.45) is 6.69. The monoisotopic (exact) mass is 278 g/mol. The van der Waals surface area contributed by atoms with Gasteiger partial charge in [-0.15, -0.1) is 0 Å². The molecule has 1 heterocycles. The minimum atomic E-state index is 0.354. The Bertz CT molecular complexity index is 442. The minimum Gasteiger partial charge on any atom is -0.366 e. The van der Waals surface area contributed by atoms with E-state index in [9.17, 15) is 0 Å². The molecule has 19 heavy (non-hydrogen) atoms. The Kier molecular flexibility index (Phi) is 5.29. The molecule has 1 aliphatic rings. The third-order valence-electron chi connectivity index (χ3n) is 3.57. The second-order valence-electron chi connectivity index (χ2n) is 5.09. The van der Waals surface area contributed by atoms with E-state index in [-0.39, 0.29) is 0 Å². The van der Waals surface area contributed by atoms with E-state index in [1.165, 1.54) is 5.56 Å². The maximum absolute atomic E-state index is 6.45. The van der Waals surface area contributed by atoms with Crippen molar-refractivity contribution >= 4 is 17.3 Å². The van der Waals surface area contributed by atoms with Gasteiger partial charge in [0.2, 0.25) is 0 Å². The molecule has 0 fully saturated rings. The van der Waals surface area contributed by atoms with Crippen molar-refractivity contribution in [2.45, 2.75) is 32.7 Å². The van der Waals surface area contributed by atoms with Crippen molar-refractivity contribution in [1.29, 1.82) is 0 Å². The van der Waals surface area contributed by atoms with Gasteiger partial charge >= 0.3 is 0 Å². The first-order chi connectivity index (χ1) is 9.22. The fraction of sp³-hybridized carbons (Fsp3) is 0.500. The summed E-state index contributed by atoms with van der Waals surface area (Å²) in [5.41, 5.74) is 2.41. The zero-order valence-electron chi connectivity index (χ0n) is 11.8. The lowest BCUT2D eigenvalue weighted by Crippen LogP contribution is -2.27. The van der Waals surface area contributed by atoms with Crippen LogP contribution in [0.15, 0.2) is 30.4 Å². The predicted molar refractivity (Wildman–Crippen MR) is 84.1 cm³/mol. The van der Waals surface area contributed by atoms with E-state index in [1.54, 1.807) is 0 Å². The largest absolute Gasteiger partial charge is 0.366 e. The molecule has 2 nitrogen and oxygen atoms in total. The van der Waals surface area contributed by atoms with Gasteiger partial charge in [-0.3, -0.25) is 0 Å². The number of benzene rings is 1. The Hall–Kier alpha value is -0.990. The van der Waals surface area contributed by atoms with Gasteiger partial charge in [0.05, 0.1) is 10.7 Å². The molecule has 104 valence electrons. The summed E-state index contributed by atoms with van der Waals surface area (Å²) in [5, 5.41) is 4.35. The summed E-state index contributed by atoms with van der Waals surface area (Å²) in [7, 11) is 0. The second kappa shape index (κ2) is 6.97. The lowest BCUT2D eigenvalue weighted by atomic mass is 10.1. The molecule has 1 atom stereocenters. The maximum atomic E-state index is 6.45. The highest BCUT2D eigenvalue weighted by Gasteiger charge is 2.13. The fourth-order valence-corrected chi connectivity index (χ4v) is 2.70. The average Bonchev–Trinajstić information content (AvgIpc) is 2.45. The summed E-state index contributed by atoms with van der Waals surface area (Å²) in [5.74, 6) is 0. The number of rotatable bonds is 5. The normalized spacial score (nSPS) is 16.7. The van der Waals surface area contributed by atoms with Gasteiger partial charge in [-0.1, -0.05) is 36.7 Å². The van der Waals surface area contributed by atoms with Crippen LogP contribution < -0.4 is 10.2 Å². The summed E-state index contributed by atoms with van der Waals surface area (Å²) in [6, 6.07) is 6.80. The van der Waals surface area contributed by atoms with Crippen molar-refractivity contribution in [1.82, 2.24) is 5.32 Å². The molecule has 0 saturated heterocycles. The minimum absolute atomic E-state index is 0.354. The van der Waals surface area contributed by atoms with Crippen LogP contribution in [0.25, 0.3) is 0 Å². The van der Waals surface area contributed by atoms with Crippen molar-refractivity contribution in [3.8, 4) is 0 Å². The third-order valence-corrected chi connectivity index (χ3v) is 3.87. The smallest absolute Gasteiger partial charge is 0.0643 e. The first-order valence-electron chi connectivity index (χ1n) is 7.15. The van der Waals surface area contributed by atoms with E-state index in [0.29, 0.717) is 6.04 Å². The molecule has 0 aromatic heterocycles. The van der Waals surface area contributed by atoms with Crippen molar-refractivity contribution in [2.24, 2.45) is 0 Å². The maximum Gasteiger partial charge on any atom is 0.0643 e. The van der Waals surface area contributed by atoms with Crippen molar-refractivity contribution < 1.29 is 0 Å². The molecule has 2 rings (SSSR count). The Balaban J connectivity index is 2.10.